The minimum atomic E-state index is -0.671. The first-order chi connectivity index (χ1) is 12.3. The summed E-state index contributed by atoms with van der Waals surface area (Å²) in [5.41, 5.74) is 3.18. The lowest BCUT2D eigenvalue weighted by atomic mass is 9.89. The van der Waals surface area contributed by atoms with Crippen LogP contribution in [0.15, 0.2) is 17.8 Å². The average molecular weight is 355 g/mol. The summed E-state index contributed by atoms with van der Waals surface area (Å²) >= 11 is 0. The first kappa shape index (κ1) is 18.3. The van der Waals surface area contributed by atoms with Gasteiger partial charge in [-0.25, -0.2) is 0 Å². The molecule has 2 aliphatic rings. The van der Waals surface area contributed by atoms with Crippen LogP contribution in [0.3, 0.4) is 0 Å². The third kappa shape index (κ3) is 2.82. The Morgan fingerprint density at radius 1 is 1.42 bits per heavy atom. The summed E-state index contributed by atoms with van der Waals surface area (Å²) < 4.78 is 6.28. The maximum absolute atomic E-state index is 12.6. The van der Waals surface area contributed by atoms with E-state index >= 15 is 0 Å². The molecule has 6 heteroatoms. The van der Waals surface area contributed by atoms with Crippen molar-refractivity contribution < 1.29 is 14.6 Å². The fourth-order valence-corrected chi connectivity index (χ4v) is 3.96. The Morgan fingerprint density at radius 3 is 2.73 bits per heavy atom. The van der Waals surface area contributed by atoms with Crippen LogP contribution in [0.5, 0.6) is 5.75 Å². The van der Waals surface area contributed by atoms with Crippen LogP contribution in [0.1, 0.15) is 43.4 Å². The second kappa shape index (κ2) is 6.65. The number of rotatable bonds is 4. The van der Waals surface area contributed by atoms with Gasteiger partial charge >= 0.3 is 0 Å². The fourth-order valence-electron chi connectivity index (χ4n) is 3.96. The summed E-state index contributed by atoms with van der Waals surface area (Å²) in [5.74, 6) is 0.766. The Kier molecular flexibility index (Phi) is 4.68. The fraction of sp³-hybridized carbons (Fsp3) is 0.500. The van der Waals surface area contributed by atoms with Crippen LogP contribution in [0.25, 0.3) is 5.70 Å². The number of fused-ring (bicyclic) bond motifs is 1. The predicted molar refractivity (Wildman–Crippen MR) is 98.2 cm³/mol. The van der Waals surface area contributed by atoms with Crippen LogP contribution in [0, 0.1) is 18.3 Å². The maximum atomic E-state index is 12.6. The zero-order chi connectivity index (χ0) is 19.1. The summed E-state index contributed by atoms with van der Waals surface area (Å²) in [6.07, 6.45) is 1.33. The highest BCUT2D eigenvalue weighted by Gasteiger charge is 2.42. The van der Waals surface area contributed by atoms with E-state index in [0.29, 0.717) is 30.8 Å². The van der Waals surface area contributed by atoms with E-state index in [1.807, 2.05) is 43.7 Å². The highest BCUT2D eigenvalue weighted by atomic mass is 16.5. The highest BCUT2D eigenvalue weighted by molar-refractivity contribution is 5.92. The van der Waals surface area contributed by atoms with Gasteiger partial charge in [-0.1, -0.05) is 0 Å². The lowest BCUT2D eigenvalue weighted by molar-refractivity contribution is -0.125. The van der Waals surface area contributed by atoms with Gasteiger partial charge in [-0.15, -0.1) is 0 Å². The van der Waals surface area contributed by atoms with Gasteiger partial charge in [0, 0.05) is 32.1 Å². The number of amides is 1. The predicted octanol–water partition coefficient (Wildman–Crippen LogP) is 2.25. The second-order valence-corrected chi connectivity index (χ2v) is 7.33. The molecule has 0 atom stereocenters. The van der Waals surface area contributed by atoms with E-state index in [-0.39, 0.29) is 12.5 Å². The third-order valence-electron chi connectivity index (χ3n) is 5.10. The lowest BCUT2D eigenvalue weighted by Crippen LogP contribution is -2.45. The smallest absolute Gasteiger partial charge is 0.227 e. The molecule has 0 radical (unpaired) electrons. The van der Waals surface area contributed by atoms with Crippen molar-refractivity contribution in [2.45, 2.75) is 39.2 Å². The summed E-state index contributed by atoms with van der Waals surface area (Å²) in [4.78, 5) is 16.4. The zero-order valence-corrected chi connectivity index (χ0v) is 15.8. The number of carbonyl (C=O) groups is 1. The second-order valence-electron chi connectivity index (χ2n) is 7.33. The average Bonchev–Trinajstić information content (AvgIpc) is 2.99. The number of aliphatic hydroxyl groups excluding tert-OH is 1. The van der Waals surface area contributed by atoms with E-state index in [1.165, 1.54) is 0 Å². The molecule has 0 aromatic heterocycles. The van der Waals surface area contributed by atoms with Gasteiger partial charge in [0.15, 0.2) is 0 Å². The molecule has 1 aromatic rings. The standard InChI is InChI=1S/C20H25N3O3/c1-13-14(12-21)7-8-15-17(13)18(23-9-5-6-16(23)25)19(20(2,3)26-15)22(4)10-11-24/h7-8,24H,5-6,9-11H2,1-4H3. The first-order valence-electron chi connectivity index (χ1n) is 8.92. The van der Waals surface area contributed by atoms with Crippen LogP contribution in [-0.4, -0.2) is 53.2 Å². The molecular formula is C20H25N3O3. The van der Waals surface area contributed by atoms with Crippen molar-refractivity contribution in [3.63, 3.8) is 0 Å². The van der Waals surface area contributed by atoms with Crippen LogP contribution < -0.4 is 4.74 Å². The van der Waals surface area contributed by atoms with Crippen LogP contribution in [0.4, 0.5) is 0 Å². The third-order valence-corrected chi connectivity index (χ3v) is 5.10. The number of ether oxygens (including phenoxy) is 1. The summed E-state index contributed by atoms with van der Waals surface area (Å²) in [6.45, 7) is 6.90. The normalized spacial score (nSPS) is 18.5. The number of hydrogen-bond donors (Lipinski definition) is 1. The Morgan fingerprint density at radius 2 is 2.15 bits per heavy atom. The van der Waals surface area contributed by atoms with Crippen molar-refractivity contribution in [1.29, 1.82) is 5.26 Å². The lowest BCUT2D eigenvalue weighted by Gasteiger charge is -2.43. The molecule has 1 aromatic carbocycles. The van der Waals surface area contributed by atoms with Gasteiger partial charge in [-0.05, 0) is 44.9 Å². The van der Waals surface area contributed by atoms with E-state index in [9.17, 15) is 15.2 Å². The number of likely N-dealkylation sites (tertiary alicyclic amines) is 1. The quantitative estimate of drug-likeness (QED) is 0.896. The molecule has 2 aliphatic heterocycles. The van der Waals surface area contributed by atoms with Gasteiger partial charge in [-0.3, -0.25) is 4.79 Å². The topological polar surface area (TPSA) is 76.8 Å². The van der Waals surface area contributed by atoms with Crippen molar-refractivity contribution in [3.05, 3.63) is 34.5 Å². The van der Waals surface area contributed by atoms with E-state index in [4.69, 9.17) is 4.74 Å². The van der Waals surface area contributed by atoms with E-state index < -0.39 is 5.60 Å². The van der Waals surface area contributed by atoms with Crippen molar-refractivity contribution in [3.8, 4) is 11.8 Å². The minimum absolute atomic E-state index is 0.00137. The van der Waals surface area contributed by atoms with Gasteiger partial charge < -0.3 is 19.6 Å². The van der Waals surface area contributed by atoms with Crippen LogP contribution >= 0.6 is 0 Å². The van der Waals surface area contributed by atoms with Gasteiger partial charge in [0.2, 0.25) is 5.91 Å². The van der Waals surface area contributed by atoms with E-state index in [2.05, 4.69) is 6.07 Å². The molecule has 0 spiro atoms. The van der Waals surface area contributed by atoms with Gasteiger partial charge in [0.25, 0.3) is 0 Å². The Balaban J connectivity index is 2.34. The van der Waals surface area contributed by atoms with Crippen molar-refractivity contribution in [2.24, 2.45) is 0 Å². The molecule has 3 rings (SSSR count). The minimum Gasteiger partial charge on any atom is -0.481 e. The van der Waals surface area contributed by atoms with Crippen LogP contribution in [0.2, 0.25) is 0 Å². The zero-order valence-electron chi connectivity index (χ0n) is 15.8. The molecule has 0 aliphatic carbocycles. The molecule has 1 N–H and O–H groups in total. The van der Waals surface area contributed by atoms with Crippen molar-refractivity contribution in [1.82, 2.24) is 9.80 Å². The molecule has 6 nitrogen and oxygen atoms in total. The largest absolute Gasteiger partial charge is 0.481 e. The summed E-state index contributed by atoms with van der Waals surface area (Å²) in [6, 6.07) is 5.79. The van der Waals surface area contributed by atoms with E-state index in [1.54, 1.807) is 6.07 Å². The summed E-state index contributed by atoms with van der Waals surface area (Å²) in [5, 5.41) is 18.9. The maximum Gasteiger partial charge on any atom is 0.227 e. The molecule has 0 unspecified atom stereocenters. The molecular weight excluding hydrogens is 330 g/mol. The SMILES string of the molecule is Cc1c(C#N)ccc2c1C(N1CCCC1=O)=C(N(C)CCO)C(C)(C)O2. The molecule has 138 valence electrons. The number of hydrogen-bond acceptors (Lipinski definition) is 5. The van der Waals surface area contributed by atoms with Gasteiger partial charge in [0.1, 0.15) is 11.4 Å². The van der Waals surface area contributed by atoms with Crippen LogP contribution in [-0.2, 0) is 4.79 Å². The molecule has 2 heterocycles. The Hall–Kier alpha value is -2.52. The Labute approximate surface area is 154 Å². The van der Waals surface area contributed by atoms with Crippen molar-refractivity contribution >= 4 is 11.6 Å². The van der Waals surface area contributed by atoms with Gasteiger partial charge in [0.05, 0.1) is 29.6 Å². The number of benzene rings is 1. The number of carbonyl (C=O) groups excluding carboxylic acids is 1. The first-order valence-corrected chi connectivity index (χ1v) is 8.92. The molecule has 0 bridgehead atoms. The number of nitriles is 1. The Bertz CT molecular complexity index is 820. The van der Waals surface area contributed by atoms with E-state index in [0.717, 1.165) is 28.9 Å². The summed E-state index contributed by atoms with van der Waals surface area (Å²) in [7, 11) is 1.89. The molecule has 1 fully saturated rings. The molecule has 0 saturated carbocycles. The molecule has 1 amide bonds. The molecule has 26 heavy (non-hydrogen) atoms. The highest BCUT2D eigenvalue weighted by Crippen LogP contribution is 2.46. The number of likely N-dealkylation sites (N-methyl/N-ethyl adjacent to an activating group) is 1. The van der Waals surface area contributed by atoms with Crippen molar-refractivity contribution in [2.75, 3.05) is 26.7 Å². The monoisotopic (exact) mass is 355 g/mol. The number of aliphatic hydroxyl groups is 1. The van der Waals surface area contributed by atoms with Gasteiger partial charge in [-0.2, -0.15) is 5.26 Å². The number of nitrogens with zero attached hydrogens (tertiary/aromatic N) is 3. The molecule has 1 saturated heterocycles.